The molecule has 0 saturated carbocycles. The van der Waals surface area contributed by atoms with Crippen LogP contribution >= 0.6 is 0 Å². The van der Waals surface area contributed by atoms with Crippen LogP contribution in [0.5, 0.6) is 11.6 Å². The minimum atomic E-state index is -0.190. The Hall–Kier alpha value is -2.55. The lowest BCUT2D eigenvalue weighted by Gasteiger charge is -2.44. The van der Waals surface area contributed by atoms with Crippen molar-refractivity contribution >= 4 is 5.91 Å². The number of rotatable bonds is 5. The number of benzene rings is 1. The van der Waals surface area contributed by atoms with E-state index in [4.69, 9.17) is 14.2 Å². The first-order chi connectivity index (χ1) is 16.7. The van der Waals surface area contributed by atoms with E-state index in [1.54, 1.807) is 12.4 Å². The van der Waals surface area contributed by atoms with E-state index in [1.165, 1.54) is 0 Å². The zero-order chi connectivity index (χ0) is 23.3. The number of morpholine rings is 1. The van der Waals surface area contributed by atoms with E-state index >= 15 is 0 Å². The zero-order valence-electron chi connectivity index (χ0n) is 19.9. The molecule has 3 aliphatic rings. The van der Waals surface area contributed by atoms with Gasteiger partial charge >= 0.3 is 0 Å². The predicted octanol–water partition coefficient (Wildman–Crippen LogP) is 3.16. The lowest BCUT2D eigenvalue weighted by atomic mass is 9.92. The Labute approximate surface area is 201 Å². The molecule has 8 heteroatoms. The summed E-state index contributed by atoms with van der Waals surface area (Å²) < 4.78 is 17.4. The van der Waals surface area contributed by atoms with Gasteiger partial charge in [0, 0.05) is 57.2 Å². The molecule has 1 aromatic carbocycles. The van der Waals surface area contributed by atoms with Gasteiger partial charge in [0.2, 0.25) is 11.8 Å². The number of hydrogen-bond acceptors (Lipinski definition) is 7. The summed E-state index contributed by atoms with van der Waals surface area (Å²) in [5, 5.41) is 0. The number of amides is 1. The average Bonchev–Trinajstić information content (AvgIpc) is 2.90. The monoisotopic (exact) mass is 466 g/mol. The van der Waals surface area contributed by atoms with Crippen LogP contribution in [-0.2, 0) is 14.3 Å². The second-order valence-electron chi connectivity index (χ2n) is 9.39. The molecule has 0 radical (unpaired) electrons. The maximum atomic E-state index is 13.5. The highest BCUT2D eigenvalue weighted by atomic mass is 16.5. The molecule has 3 saturated heterocycles. The average molecular weight is 467 g/mol. The van der Waals surface area contributed by atoms with E-state index in [0.717, 1.165) is 62.4 Å². The second kappa shape index (κ2) is 10.8. The molecular formula is C26H34N4O4. The Morgan fingerprint density at radius 3 is 2.53 bits per heavy atom. The van der Waals surface area contributed by atoms with Crippen molar-refractivity contribution in [2.24, 2.45) is 0 Å². The third-order valence-electron chi connectivity index (χ3n) is 7.30. The number of carbonyl (C=O) groups excluding carboxylic acids is 1. The highest BCUT2D eigenvalue weighted by molar-refractivity contribution is 5.82. The van der Waals surface area contributed by atoms with Crippen molar-refractivity contribution in [1.29, 1.82) is 0 Å². The van der Waals surface area contributed by atoms with Crippen LogP contribution in [0.1, 0.15) is 42.9 Å². The molecule has 1 amide bonds. The topological polar surface area (TPSA) is 77.0 Å². The van der Waals surface area contributed by atoms with E-state index in [2.05, 4.69) is 14.9 Å². The quantitative estimate of drug-likeness (QED) is 0.670. The van der Waals surface area contributed by atoms with Crippen molar-refractivity contribution in [2.45, 2.75) is 50.6 Å². The van der Waals surface area contributed by atoms with Gasteiger partial charge in [0.1, 0.15) is 17.5 Å². The van der Waals surface area contributed by atoms with Gasteiger partial charge in [0.15, 0.2) is 0 Å². The molecule has 2 aromatic rings. The molecule has 0 unspecified atom stereocenters. The largest absolute Gasteiger partial charge is 0.437 e. The van der Waals surface area contributed by atoms with Crippen molar-refractivity contribution < 1.29 is 19.0 Å². The molecule has 8 nitrogen and oxygen atoms in total. The summed E-state index contributed by atoms with van der Waals surface area (Å²) >= 11 is 0. The molecule has 1 aromatic heterocycles. The van der Waals surface area contributed by atoms with Crippen LogP contribution in [0.3, 0.4) is 0 Å². The summed E-state index contributed by atoms with van der Waals surface area (Å²) in [6, 6.07) is 8.14. The highest BCUT2D eigenvalue weighted by Crippen LogP contribution is 2.34. The normalized spacial score (nSPS) is 23.1. The number of aryl methyl sites for hydroxylation is 1. The zero-order valence-corrected chi connectivity index (χ0v) is 19.9. The van der Waals surface area contributed by atoms with Gasteiger partial charge in [-0.1, -0.05) is 18.2 Å². The van der Waals surface area contributed by atoms with Crippen LogP contribution in [0.25, 0.3) is 0 Å². The molecule has 182 valence electrons. The fourth-order valence-corrected chi connectivity index (χ4v) is 5.34. The predicted molar refractivity (Wildman–Crippen MR) is 127 cm³/mol. The first-order valence-corrected chi connectivity index (χ1v) is 12.4. The van der Waals surface area contributed by atoms with Crippen LogP contribution in [0.4, 0.5) is 0 Å². The molecule has 5 rings (SSSR count). The summed E-state index contributed by atoms with van der Waals surface area (Å²) in [5.74, 6) is 1.77. The van der Waals surface area contributed by atoms with Gasteiger partial charge in [-0.05, 0) is 44.2 Å². The van der Waals surface area contributed by atoms with E-state index in [1.807, 2.05) is 36.1 Å². The number of aromatic nitrogens is 2. The summed E-state index contributed by atoms with van der Waals surface area (Å²) in [7, 11) is 0. The van der Waals surface area contributed by atoms with Crippen molar-refractivity contribution in [3.8, 4) is 11.6 Å². The summed E-state index contributed by atoms with van der Waals surface area (Å²) in [6.45, 7) is 6.99. The number of para-hydroxylation sites is 1. The fourth-order valence-electron chi connectivity index (χ4n) is 5.34. The molecule has 34 heavy (non-hydrogen) atoms. The van der Waals surface area contributed by atoms with Gasteiger partial charge in [0.05, 0.1) is 13.2 Å². The van der Waals surface area contributed by atoms with E-state index in [-0.39, 0.29) is 17.9 Å². The first-order valence-electron chi connectivity index (χ1n) is 12.4. The van der Waals surface area contributed by atoms with Gasteiger partial charge in [-0.3, -0.25) is 14.7 Å². The van der Waals surface area contributed by atoms with E-state index in [9.17, 15) is 4.79 Å². The summed E-state index contributed by atoms with van der Waals surface area (Å²) in [5.41, 5.74) is 1.94. The standard InChI is InChI=1S/C26H34N4O4/c1-19-4-2-3-5-23(19)34-25-24(27-10-11-28-25)20-6-12-29(13-7-20)26(31)22-18-33-17-14-30(22)21-8-15-32-16-9-21/h2-5,10-11,20-22H,6-9,12-18H2,1H3/t22-/m0/s1. The molecule has 0 aliphatic carbocycles. The van der Waals surface area contributed by atoms with Crippen LogP contribution in [0, 0.1) is 6.92 Å². The Morgan fingerprint density at radius 2 is 1.74 bits per heavy atom. The Balaban J connectivity index is 1.23. The third kappa shape index (κ3) is 5.09. The third-order valence-corrected chi connectivity index (χ3v) is 7.30. The fraction of sp³-hybridized carbons (Fsp3) is 0.577. The van der Waals surface area contributed by atoms with Crippen molar-refractivity contribution in [2.75, 3.05) is 46.1 Å². The maximum Gasteiger partial charge on any atom is 0.242 e. The minimum absolute atomic E-state index is 0.190. The number of ether oxygens (including phenoxy) is 3. The number of nitrogens with zero attached hydrogens (tertiary/aromatic N) is 4. The van der Waals surface area contributed by atoms with Gasteiger partial charge in [-0.2, -0.15) is 0 Å². The summed E-state index contributed by atoms with van der Waals surface area (Å²) in [4.78, 5) is 27.0. The maximum absolute atomic E-state index is 13.5. The smallest absolute Gasteiger partial charge is 0.242 e. The molecular weight excluding hydrogens is 432 g/mol. The van der Waals surface area contributed by atoms with E-state index < -0.39 is 0 Å². The number of likely N-dealkylation sites (tertiary alicyclic amines) is 1. The number of hydrogen-bond donors (Lipinski definition) is 0. The SMILES string of the molecule is Cc1ccccc1Oc1nccnc1C1CCN(C(=O)[C@@H]2COCCN2C2CCOCC2)CC1. The van der Waals surface area contributed by atoms with E-state index in [0.29, 0.717) is 38.2 Å². The highest BCUT2D eigenvalue weighted by Gasteiger charge is 2.38. The number of carbonyl (C=O) groups is 1. The Bertz CT molecular complexity index is 973. The van der Waals surface area contributed by atoms with Crippen LogP contribution in [0.15, 0.2) is 36.7 Å². The van der Waals surface area contributed by atoms with Gasteiger partial charge in [-0.25, -0.2) is 4.98 Å². The lowest BCUT2D eigenvalue weighted by Crippen LogP contribution is -2.59. The van der Waals surface area contributed by atoms with Gasteiger partial charge in [0.25, 0.3) is 0 Å². The van der Waals surface area contributed by atoms with Crippen molar-refractivity contribution in [3.05, 3.63) is 47.9 Å². The van der Waals surface area contributed by atoms with Crippen LogP contribution < -0.4 is 4.74 Å². The van der Waals surface area contributed by atoms with Gasteiger partial charge in [-0.15, -0.1) is 0 Å². The first kappa shape index (κ1) is 23.2. The second-order valence-corrected chi connectivity index (χ2v) is 9.39. The lowest BCUT2D eigenvalue weighted by molar-refractivity contribution is -0.148. The van der Waals surface area contributed by atoms with Crippen LogP contribution in [0.2, 0.25) is 0 Å². The molecule has 0 bridgehead atoms. The molecule has 3 aliphatic heterocycles. The van der Waals surface area contributed by atoms with Crippen LogP contribution in [-0.4, -0.2) is 83.8 Å². The van der Waals surface area contributed by atoms with Crippen molar-refractivity contribution in [1.82, 2.24) is 19.8 Å². The van der Waals surface area contributed by atoms with Gasteiger partial charge < -0.3 is 19.1 Å². The minimum Gasteiger partial charge on any atom is -0.437 e. The molecule has 4 heterocycles. The molecule has 3 fully saturated rings. The molecule has 0 spiro atoms. The van der Waals surface area contributed by atoms with Crippen molar-refractivity contribution in [3.63, 3.8) is 0 Å². The summed E-state index contributed by atoms with van der Waals surface area (Å²) in [6.07, 6.45) is 7.07. The molecule has 1 atom stereocenters. The Morgan fingerprint density at radius 1 is 0.971 bits per heavy atom. The number of piperidine rings is 1. The molecule has 0 N–H and O–H groups in total. The Kier molecular flexibility index (Phi) is 7.37.